The molecule has 2 amide bonds. The van der Waals surface area contributed by atoms with Gasteiger partial charge < -0.3 is 21.1 Å². The number of nitrogens with two attached hydrogens (primary N) is 1. The second-order valence-electron chi connectivity index (χ2n) is 8.24. The van der Waals surface area contributed by atoms with Crippen molar-refractivity contribution in [3.05, 3.63) is 41.6 Å². The molecule has 0 unspecified atom stereocenters. The highest BCUT2D eigenvalue weighted by atomic mass is 19.4. The summed E-state index contributed by atoms with van der Waals surface area (Å²) in [6.45, 7) is 1.33. The first-order valence-electron chi connectivity index (χ1n) is 11.8. The number of nitrogen functional groups attached to an aromatic ring is 1. The van der Waals surface area contributed by atoms with E-state index in [0.717, 1.165) is 25.9 Å². The second kappa shape index (κ2) is 14.6. The number of nitrogens with one attached hydrogen (secondary N) is 2. The van der Waals surface area contributed by atoms with Crippen LogP contribution in [0.2, 0.25) is 0 Å². The molecule has 0 spiro atoms. The summed E-state index contributed by atoms with van der Waals surface area (Å²) in [5, 5.41) is 21.3. The fourth-order valence-electron chi connectivity index (χ4n) is 3.23. The number of hydrogen-bond acceptors (Lipinski definition) is 8. The number of aromatic nitrogens is 2. The van der Waals surface area contributed by atoms with E-state index >= 15 is 0 Å². The minimum Gasteiger partial charge on any atom is -0.387 e. The number of benzene rings is 1. The number of piperidine rings is 1. The van der Waals surface area contributed by atoms with Gasteiger partial charge in [-0.1, -0.05) is 37.8 Å². The van der Waals surface area contributed by atoms with Crippen LogP contribution >= 0.6 is 0 Å². The molecule has 1 saturated heterocycles. The topological polar surface area (TPSA) is 157 Å². The zero-order valence-electron chi connectivity index (χ0n) is 20.2. The van der Waals surface area contributed by atoms with Crippen LogP contribution in [0.4, 0.5) is 30.6 Å². The third kappa shape index (κ3) is 9.57. The first kappa shape index (κ1) is 29.3. The molecule has 2 aromatic rings. The average Bonchev–Trinajstić information content (AvgIpc) is 2.83. The smallest absolute Gasteiger partial charge is 0.387 e. The van der Waals surface area contributed by atoms with Crippen molar-refractivity contribution in [3.63, 3.8) is 0 Å². The quantitative estimate of drug-likeness (QED) is 0.351. The van der Waals surface area contributed by atoms with E-state index in [1.54, 1.807) is 4.90 Å². The summed E-state index contributed by atoms with van der Waals surface area (Å²) < 4.78 is 38.9. The molecule has 1 aromatic heterocycles. The molecule has 2 fully saturated rings. The third-order valence-corrected chi connectivity index (χ3v) is 5.55. The van der Waals surface area contributed by atoms with Crippen molar-refractivity contribution >= 4 is 29.3 Å². The Bertz CT molecular complexity index is 1080. The van der Waals surface area contributed by atoms with Gasteiger partial charge in [-0.05, 0) is 31.4 Å². The van der Waals surface area contributed by atoms with E-state index in [0.29, 0.717) is 6.20 Å². The Labute approximate surface area is 212 Å². The predicted octanol–water partition coefficient (Wildman–Crippen LogP) is 3.58. The van der Waals surface area contributed by atoms with Crippen LogP contribution in [-0.2, 0) is 11.0 Å². The first-order chi connectivity index (χ1) is 17.7. The standard InChI is InChI=1S/C13H9F3N6O.C7H13NO2.C4H8/c14-13(15,16)8-5-19-12(18)22-10(8)21-9-4-2-1-3-7(9)11(23)20-6-17;9-6-7(10)8-4-2-1-3-5-8;1-2-4-3-1/h1-5H,(H,20,23)(H3,18,19,21,22);9H,1-6H2;1-4H2. The van der Waals surface area contributed by atoms with Crippen LogP contribution in [0.5, 0.6) is 0 Å². The fourth-order valence-corrected chi connectivity index (χ4v) is 3.23. The fraction of sp³-hybridized carbons (Fsp3) is 0.458. The molecular weight excluding hydrogens is 491 g/mol. The van der Waals surface area contributed by atoms with Crippen molar-refractivity contribution in [2.75, 3.05) is 30.7 Å². The first-order valence-corrected chi connectivity index (χ1v) is 11.8. The van der Waals surface area contributed by atoms with Crippen LogP contribution < -0.4 is 16.4 Å². The van der Waals surface area contributed by atoms with E-state index in [1.165, 1.54) is 62.6 Å². The number of carbonyl (C=O) groups is 2. The molecule has 4 rings (SSSR count). The lowest BCUT2D eigenvalue weighted by molar-refractivity contribution is -0.137. The van der Waals surface area contributed by atoms with Crippen LogP contribution in [0.15, 0.2) is 30.5 Å². The zero-order valence-corrected chi connectivity index (χ0v) is 20.2. The SMILES string of the molecule is C1CCC1.N#CNC(=O)c1ccccc1Nc1nc(N)ncc1C(F)(F)F.O=C(CO)N1CCCCC1. The number of nitriles is 1. The summed E-state index contributed by atoms with van der Waals surface area (Å²) >= 11 is 0. The molecule has 1 aliphatic heterocycles. The summed E-state index contributed by atoms with van der Waals surface area (Å²) in [4.78, 5) is 31.2. The van der Waals surface area contributed by atoms with Crippen LogP contribution in [0.25, 0.3) is 0 Å². The Morgan fingerprint density at radius 2 is 1.68 bits per heavy atom. The Hall–Kier alpha value is -3.92. The monoisotopic (exact) mass is 521 g/mol. The van der Waals surface area contributed by atoms with Gasteiger partial charge >= 0.3 is 6.18 Å². The molecule has 2 heterocycles. The van der Waals surface area contributed by atoms with E-state index in [2.05, 4.69) is 15.3 Å². The number of aliphatic hydroxyl groups is 1. The van der Waals surface area contributed by atoms with Crippen LogP contribution in [0, 0.1) is 11.5 Å². The predicted molar refractivity (Wildman–Crippen MR) is 130 cm³/mol. The Morgan fingerprint density at radius 1 is 1.08 bits per heavy atom. The van der Waals surface area contributed by atoms with Gasteiger partial charge in [0.05, 0.1) is 11.3 Å². The van der Waals surface area contributed by atoms with Gasteiger partial charge in [0, 0.05) is 19.3 Å². The van der Waals surface area contributed by atoms with Crippen molar-refractivity contribution < 1.29 is 27.9 Å². The van der Waals surface area contributed by atoms with Gasteiger partial charge in [0.15, 0.2) is 6.19 Å². The lowest BCUT2D eigenvalue weighted by Gasteiger charge is -2.25. The summed E-state index contributed by atoms with van der Waals surface area (Å²) in [6.07, 6.45) is 6.68. The summed E-state index contributed by atoms with van der Waals surface area (Å²) in [5.74, 6) is -1.85. The molecule has 0 atom stereocenters. The minimum absolute atomic E-state index is 0.0284. The molecule has 37 heavy (non-hydrogen) atoms. The van der Waals surface area contributed by atoms with Crippen LogP contribution in [-0.4, -0.2) is 51.5 Å². The highest BCUT2D eigenvalue weighted by molar-refractivity contribution is 6.01. The van der Waals surface area contributed by atoms with Gasteiger partial charge in [0.25, 0.3) is 5.91 Å². The Kier molecular flexibility index (Phi) is 11.6. The van der Waals surface area contributed by atoms with Gasteiger partial charge in [-0.25, -0.2) is 4.98 Å². The molecular formula is C24H30F3N7O3. The van der Waals surface area contributed by atoms with Gasteiger partial charge in [-0.15, -0.1) is 0 Å². The van der Waals surface area contributed by atoms with Crippen molar-refractivity contribution in [2.24, 2.45) is 0 Å². The zero-order chi connectivity index (χ0) is 27.3. The van der Waals surface area contributed by atoms with Crippen molar-refractivity contribution in [1.82, 2.24) is 20.2 Å². The minimum atomic E-state index is -4.71. The van der Waals surface area contributed by atoms with E-state index in [-0.39, 0.29) is 29.7 Å². The molecule has 1 saturated carbocycles. The molecule has 1 aliphatic carbocycles. The lowest BCUT2D eigenvalue weighted by atomic mass is 10.0. The molecule has 2 aliphatic rings. The van der Waals surface area contributed by atoms with Crippen molar-refractivity contribution in [3.8, 4) is 6.19 Å². The number of anilines is 3. The van der Waals surface area contributed by atoms with E-state index in [1.807, 2.05) is 5.32 Å². The Morgan fingerprint density at radius 3 is 2.22 bits per heavy atom. The maximum absolute atomic E-state index is 13.0. The number of alkyl halides is 3. The van der Waals surface area contributed by atoms with Crippen LogP contribution in [0.1, 0.15) is 60.9 Å². The molecule has 5 N–H and O–H groups in total. The number of aliphatic hydroxyl groups excluding tert-OH is 1. The van der Waals surface area contributed by atoms with Gasteiger partial charge in [0.2, 0.25) is 11.9 Å². The molecule has 13 heteroatoms. The van der Waals surface area contributed by atoms with Crippen molar-refractivity contribution in [1.29, 1.82) is 5.26 Å². The number of likely N-dealkylation sites (tertiary alicyclic amines) is 1. The number of halogens is 3. The largest absolute Gasteiger partial charge is 0.421 e. The molecule has 10 nitrogen and oxygen atoms in total. The number of carbonyl (C=O) groups excluding carboxylic acids is 2. The number of amides is 2. The van der Waals surface area contributed by atoms with Gasteiger partial charge in [-0.3, -0.25) is 14.9 Å². The maximum atomic E-state index is 13.0. The number of nitrogens with zero attached hydrogens (tertiary/aromatic N) is 4. The summed E-state index contributed by atoms with van der Waals surface area (Å²) in [5.41, 5.74) is 4.18. The number of hydrogen-bond donors (Lipinski definition) is 4. The molecule has 0 radical (unpaired) electrons. The molecule has 200 valence electrons. The molecule has 0 bridgehead atoms. The van der Waals surface area contributed by atoms with Crippen LogP contribution in [0.3, 0.4) is 0 Å². The highest BCUT2D eigenvalue weighted by Gasteiger charge is 2.35. The second-order valence-corrected chi connectivity index (χ2v) is 8.24. The van der Waals surface area contributed by atoms with E-state index < -0.39 is 23.5 Å². The van der Waals surface area contributed by atoms with Gasteiger partial charge in [-0.2, -0.15) is 23.4 Å². The maximum Gasteiger partial charge on any atom is 0.421 e. The summed E-state index contributed by atoms with van der Waals surface area (Å²) in [6, 6.07) is 5.71. The normalized spacial score (nSPS) is 14.4. The number of rotatable bonds is 4. The summed E-state index contributed by atoms with van der Waals surface area (Å²) in [7, 11) is 0. The third-order valence-electron chi connectivity index (χ3n) is 5.55. The molecule has 1 aromatic carbocycles. The van der Waals surface area contributed by atoms with Gasteiger partial charge in [0.1, 0.15) is 18.0 Å². The Balaban J connectivity index is 0.000000279. The average molecular weight is 522 g/mol. The number of para-hydroxylation sites is 1. The van der Waals surface area contributed by atoms with E-state index in [4.69, 9.17) is 16.1 Å². The van der Waals surface area contributed by atoms with Crippen molar-refractivity contribution in [2.45, 2.75) is 51.1 Å². The van der Waals surface area contributed by atoms with E-state index in [9.17, 15) is 22.8 Å². The lowest BCUT2D eigenvalue weighted by Crippen LogP contribution is -2.37. The highest BCUT2D eigenvalue weighted by Crippen LogP contribution is 2.35.